The molecule has 1 fully saturated rings. The van der Waals surface area contributed by atoms with E-state index in [9.17, 15) is 13.2 Å². The molecule has 11 heteroatoms. The van der Waals surface area contributed by atoms with Crippen LogP contribution in [0.1, 0.15) is 31.0 Å². The first-order valence-corrected chi connectivity index (χ1v) is 10.7. The van der Waals surface area contributed by atoms with Gasteiger partial charge in [-0.15, -0.1) is 0 Å². The predicted molar refractivity (Wildman–Crippen MR) is 126 cm³/mol. The van der Waals surface area contributed by atoms with Gasteiger partial charge in [0.1, 0.15) is 17.1 Å². The Labute approximate surface area is 194 Å². The molecule has 0 atom stereocenters. The smallest absolute Gasteiger partial charge is 0.382 e. The lowest BCUT2D eigenvalue weighted by Gasteiger charge is -2.38. The number of nitrogens with one attached hydrogen (secondary N) is 1. The fraction of sp³-hybridized carbons (Fsp3) is 0.304. The van der Waals surface area contributed by atoms with E-state index in [0.29, 0.717) is 5.82 Å². The SMILES string of the molecule is C=C(Nc1ncccc1N1CCC(C)(N)CC1)c1nc(-c2ncccc2C(F)(F)F)cnc1N. The molecular weight excluding hydrogens is 445 g/mol. The number of aromatic nitrogens is 4. The number of anilines is 3. The van der Waals surface area contributed by atoms with E-state index >= 15 is 0 Å². The largest absolute Gasteiger partial charge is 0.418 e. The van der Waals surface area contributed by atoms with Gasteiger partial charge >= 0.3 is 6.18 Å². The molecule has 3 aromatic heterocycles. The average Bonchev–Trinajstić information content (AvgIpc) is 2.79. The maximum absolute atomic E-state index is 13.5. The maximum Gasteiger partial charge on any atom is 0.418 e. The summed E-state index contributed by atoms with van der Waals surface area (Å²) in [4.78, 5) is 18.8. The lowest BCUT2D eigenvalue weighted by molar-refractivity contribution is -0.137. The van der Waals surface area contributed by atoms with Crippen molar-refractivity contribution >= 4 is 23.0 Å². The fourth-order valence-electron chi connectivity index (χ4n) is 3.78. The van der Waals surface area contributed by atoms with Crippen LogP contribution in [0.25, 0.3) is 17.1 Å². The molecule has 1 aliphatic heterocycles. The first-order chi connectivity index (χ1) is 16.0. The molecule has 4 rings (SSSR count). The summed E-state index contributed by atoms with van der Waals surface area (Å²) in [6.07, 6.45) is 1.11. The predicted octanol–water partition coefficient (Wildman–Crippen LogP) is 3.94. The molecule has 5 N–H and O–H groups in total. The highest BCUT2D eigenvalue weighted by Crippen LogP contribution is 2.36. The van der Waals surface area contributed by atoms with E-state index < -0.39 is 11.7 Å². The molecule has 1 aliphatic rings. The quantitative estimate of drug-likeness (QED) is 0.513. The van der Waals surface area contributed by atoms with Gasteiger partial charge in [0.15, 0.2) is 11.6 Å². The van der Waals surface area contributed by atoms with Gasteiger partial charge in [0.25, 0.3) is 0 Å². The van der Waals surface area contributed by atoms with Crippen LogP contribution < -0.4 is 21.7 Å². The van der Waals surface area contributed by atoms with Crippen molar-refractivity contribution in [3.05, 3.63) is 60.7 Å². The van der Waals surface area contributed by atoms with Crippen molar-refractivity contribution in [2.45, 2.75) is 31.5 Å². The van der Waals surface area contributed by atoms with E-state index in [1.54, 1.807) is 6.20 Å². The molecule has 0 aliphatic carbocycles. The number of hydrogen-bond donors (Lipinski definition) is 3. The summed E-state index contributed by atoms with van der Waals surface area (Å²) in [5, 5.41) is 3.11. The van der Waals surface area contributed by atoms with Gasteiger partial charge in [-0.05, 0) is 44.0 Å². The lowest BCUT2D eigenvalue weighted by atomic mass is 9.91. The van der Waals surface area contributed by atoms with Crippen molar-refractivity contribution in [1.82, 2.24) is 19.9 Å². The number of nitrogen functional groups attached to an aromatic ring is 1. The second-order valence-electron chi connectivity index (χ2n) is 8.50. The lowest BCUT2D eigenvalue weighted by Crippen LogP contribution is -2.48. The zero-order chi connectivity index (χ0) is 24.5. The second-order valence-corrected chi connectivity index (χ2v) is 8.50. The molecule has 1 saturated heterocycles. The first-order valence-electron chi connectivity index (χ1n) is 10.7. The third-order valence-corrected chi connectivity index (χ3v) is 5.74. The zero-order valence-electron chi connectivity index (χ0n) is 18.6. The van der Waals surface area contributed by atoms with E-state index in [2.05, 4.69) is 36.7 Å². The van der Waals surface area contributed by atoms with Crippen LogP contribution in [0.2, 0.25) is 0 Å². The summed E-state index contributed by atoms with van der Waals surface area (Å²) in [6, 6.07) is 5.91. The van der Waals surface area contributed by atoms with E-state index in [1.165, 1.54) is 12.3 Å². The van der Waals surface area contributed by atoms with E-state index in [1.807, 2.05) is 19.1 Å². The van der Waals surface area contributed by atoms with Gasteiger partial charge in [0.2, 0.25) is 0 Å². The summed E-state index contributed by atoms with van der Waals surface area (Å²) in [5.41, 5.74) is 11.9. The standard InChI is InChI=1S/C23H25F3N8/c1-14(32-21-17(6-4-10-30-21)34-11-7-22(2,28)8-12-34)18-20(27)31-13-16(33-18)19-15(23(24,25)26)5-3-9-29-19/h3-6,9-10,13H,1,7-8,11-12,28H2,2H3,(H2,27,31)(H,30,32). The summed E-state index contributed by atoms with van der Waals surface area (Å²) in [5.74, 6) is 0.536. The second kappa shape index (κ2) is 8.90. The van der Waals surface area contributed by atoms with Crippen LogP contribution in [0, 0.1) is 0 Å². The molecule has 0 aromatic carbocycles. The molecule has 0 bridgehead atoms. The van der Waals surface area contributed by atoms with Crippen LogP contribution in [0.5, 0.6) is 0 Å². The summed E-state index contributed by atoms with van der Waals surface area (Å²) in [7, 11) is 0. The minimum absolute atomic E-state index is 0.0140. The Hall–Kier alpha value is -3.73. The molecule has 4 heterocycles. The van der Waals surface area contributed by atoms with Crippen LogP contribution in [-0.2, 0) is 6.18 Å². The normalized spacial score (nSPS) is 15.7. The molecule has 3 aromatic rings. The van der Waals surface area contributed by atoms with E-state index in [4.69, 9.17) is 11.5 Å². The molecule has 0 amide bonds. The van der Waals surface area contributed by atoms with Gasteiger partial charge in [0.05, 0.1) is 23.1 Å². The summed E-state index contributed by atoms with van der Waals surface area (Å²) in [6.45, 7) is 7.54. The Bertz CT molecular complexity index is 1200. The summed E-state index contributed by atoms with van der Waals surface area (Å²) >= 11 is 0. The number of halogens is 3. The van der Waals surface area contributed by atoms with Crippen LogP contribution in [0.4, 0.5) is 30.5 Å². The molecule has 8 nitrogen and oxygen atoms in total. The van der Waals surface area contributed by atoms with Gasteiger partial charge in [-0.25, -0.2) is 15.0 Å². The van der Waals surface area contributed by atoms with Gasteiger partial charge in [-0.1, -0.05) is 6.58 Å². The van der Waals surface area contributed by atoms with Crippen LogP contribution >= 0.6 is 0 Å². The number of rotatable bonds is 5. The molecule has 178 valence electrons. The van der Waals surface area contributed by atoms with E-state index in [0.717, 1.165) is 43.9 Å². The minimum Gasteiger partial charge on any atom is -0.382 e. The van der Waals surface area contributed by atoms with Gasteiger partial charge in [-0.3, -0.25) is 4.98 Å². The molecule has 34 heavy (non-hydrogen) atoms. The first kappa shape index (κ1) is 23.4. The monoisotopic (exact) mass is 470 g/mol. The Balaban J connectivity index is 1.63. The van der Waals surface area contributed by atoms with Crippen molar-refractivity contribution in [3.63, 3.8) is 0 Å². The van der Waals surface area contributed by atoms with Crippen molar-refractivity contribution in [3.8, 4) is 11.4 Å². The summed E-state index contributed by atoms with van der Waals surface area (Å²) < 4.78 is 40.4. The minimum atomic E-state index is -4.60. The number of alkyl halides is 3. The highest BCUT2D eigenvalue weighted by molar-refractivity contribution is 5.82. The fourth-order valence-corrected chi connectivity index (χ4v) is 3.78. The molecule has 0 spiro atoms. The average molecular weight is 471 g/mol. The Morgan fingerprint density at radius 2 is 1.79 bits per heavy atom. The van der Waals surface area contributed by atoms with E-state index in [-0.39, 0.29) is 34.1 Å². The van der Waals surface area contributed by atoms with Crippen LogP contribution in [-0.4, -0.2) is 38.6 Å². The highest BCUT2D eigenvalue weighted by Gasteiger charge is 2.35. The van der Waals surface area contributed by atoms with Crippen molar-refractivity contribution in [2.24, 2.45) is 5.73 Å². The number of hydrogen-bond acceptors (Lipinski definition) is 8. The number of nitrogens with zero attached hydrogens (tertiary/aromatic N) is 5. The van der Waals surface area contributed by atoms with Crippen LogP contribution in [0.3, 0.4) is 0 Å². The third-order valence-electron chi connectivity index (χ3n) is 5.74. The molecule has 0 radical (unpaired) electrons. The Kier molecular flexibility index (Phi) is 6.13. The Morgan fingerprint density at radius 1 is 1.12 bits per heavy atom. The van der Waals surface area contributed by atoms with Crippen molar-refractivity contribution < 1.29 is 13.2 Å². The molecule has 0 saturated carbocycles. The van der Waals surface area contributed by atoms with Gasteiger partial charge in [0, 0.05) is 31.0 Å². The maximum atomic E-state index is 13.5. The zero-order valence-corrected chi connectivity index (χ0v) is 18.6. The third kappa shape index (κ3) is 4.93. The number of piperidine rings is 1. The van der Waals surface area contributed by atoms with Gasteiger partial charge in [-0.2, -0.15) is 13.2 Å². The van der Waals surface area contributed by atoms with Crippen LogP contribution in [0.15, 0.2) is 49.4 Å². The number of nitrogens with two attached hydrogens (primary N) is 2. The van der Waals surface area contributed by atoms with Crippen molar-refractivity contribution in [1.29, 1.82) is 0 Å². The topological polar surface area (TPSA) is 119 Å². The van der Waals surface area contributed by atoms with Crippen molar-refractivity contribution in [2.75, 3.05) is 29.0 Å². The van der Waals surface area contributed by atoms with Gasteiger partial charge < -0.3 is 21.7 Å². The highest BCUT2D eigenvalue weighted by atomic mass is 19.4. The number of pyridine rings is 2. The molecule has 0 unspecified atom stereocenters. The Morgan fingerprint density at radius 3 is 2.50 bits per heavy atom. The molecular formula is C23H25F3N8.